The van der Waals surface area contributed by atoms with Gasteiger partial charge in [0.05, 0.1) is 12.1 Å². The zero-order valence-corrected chi connectivity index (χ0v) is 11.7. The predicted molar refractivity (Wildman–Crippen MR) is 73.1 cm³/mol. The summed E-state index contributed by atoms with van der Waals surface area (Å²) in [6.07, 6.45) is 1.76. The molecule has 1 fully saturated rings. The molecule has 1 aromatic carbocycles. The molecule has 19 heavy (non-hydrogen) atoms. The highest BCUT2D eigenvalue weighted by Gasteiger charge is 2.28. The van der Waals surface area contributed by atoms with Crippen LogP contribution in [0.5, 0.6) is 0 Å². The first-order chi connectivity index (χ1) is 9.15. The van der Waals surface area contributed by atoms with Crippen LogP contribution in [0.2, 0.25) is 0 Å². The molecule has 2 N–H and O–H groups in total. The SMILES string of the molecule is COC1CNCC1NC(=O)c1ccc(F)c(SC)c1. The number of amides is 1. The number of rotatable bonds is 4. The molecule has 0 aromatic heterocycles. The Kier molecular flexibility index (Phi) is 4.79. The Morgan fingerprint density at radius 3 is 3.00 bits per heavy atom. The van der Waals surface area contributed by atoms with Crippen LogP contribution in [0.15, 0.2) is 23.1 Å². The Morgan fingerprint density at radius 2 is 2.32 bits per heavy atom. The summed E-state index contributed by atoms with van der Waals surface area (Å²) in [4.78, 5) is 12.6. The highest BCUT2D eigenvalue weighted by Crippen LogP contribution is 2.20. The van der Waals surface area contributed by atoms with E-state index in [9.17, 15) is 9.18 Å². The van der Waals surface area contributed by atoms with Gasteiger partial charge in [-0.25, -0.2) is 4.39 Å². The first-order valence-electron chi connectivity index (χ1n) is 6.03. The highest BCUT2D eigenvalue weighted by atomic mass is 32.2. The van der Waals surface area contributed by atoms with Crippen molar-refractivity contribution in [2.24, 2.45) is 0 Å². The summed E-state index contributed by atoms with van der Waals surface area (Å²) in [7, 11) is 1.63. The summed E-state index contributed by atoms with van der Waals surface area (Å²) in [5.74, 6) is -0.507. The average molecular weight is 284 g/mol. The number of ether oxygens (including phenoxy) is 1. The van der Waals surface area contributed by atoms with Gasteiger partial charge in [0.1, 0.15) is 5.82 Å². The van der Waals surface area contributed by atoms with E-state index in [-0.39, 0.29) is 23.9 Å². The molecule has 4 nitrogen and oxygen atoms in total. The quantitative estimate of drug-likeness (QED) is 0.818. The Bertz CT molecular complexity index is 470. The fraction of sp³-hybridized carbons (Fsp3) is 0.462. The van der Waals surface area contributed by atoms with E-state index in [1.165, 1.54) is 23.9 Å². The van der Waals surface area contributed by atoms with Crippen molar-refractivity contribution in [3.63, 3.8) is 0 Å². The first-order valence-corrected chi connectivity index (χ1v) is 7.26. The van der Waals surface area contributed by atoms with Crippen LogP contribution in [0.3, 0.4) is 0 Å². The van der Waals surface area contributed by atoms with E-state index in [1.807, 2.05) is 0 Å². The maximum atomic E-state index is 13.4. The Balaban J connectivity index is 2.07. The van der Waals surface area contributed by atoms with E-state index >= 15 is 0 Å². The molecule has 104 valence electrons. The van der Waals surface area contributed by atoms with Crippen molar-refractivity contribution in [1.82, 2.24) is 10.6 Å². The molecule has 2 unspecified atom stereocenters. The van der Waals surface area contributed by atoms with Crippen LogP contribution in [0.4, 0.5) is 4.39 Å². The largest absolute Gasteiger partial charge is 0.378 e. The maximum Gasteiger partial charge on any atom is 0.251 e. The highest BCUT2D eigenvalue weighted by molar-refractivity contribution is 7.98. The minimum atomic E-state index is -0.304. The smallest absolute Gasteiger partial charge is 0.251 e. The number of thioether (sulfide) groups is 1. The maximum absolute atomic E-state index is 13.4. The zero-order valence-electron chi connectivity index (χ0n) is 10.9. The van der Waals surface area contributed by atoms with E-state index in [4.69, 9.17) is 4.74 Å². The van der Waals surface area contributed by atoms with Crippen LogP contribution < -0.4 is 10.6 Å². The van der Waals surface area contributed by atoms with Crippen LogP contribution in [0.1, 0.15) is 10.4 Å². The Morgan fingerprint density at radius 1 is 1.53 bits per heavy atom. The monoisotopic (exact) mass is 284 g/mol. The van der Waals surface area contributed by atoms with Crippen molar-refractivity contribution >= 4 is 17.7 Å². The number of methoxy groups -OCH3 is 1. The minimum absolute atomic E-state index is 0.0237. The molecule has 2 rings (SSSR count). The van der Waals surface area contributed by atoms with Crippen LogP contribution in [0.25, 0.3) is 0 Å². The van der Waals surface area contributed by atoms with Gasteiger partial charge in [0, 0.05) is 30.7 Å². The van der Waals surface area contributed by atoms with E-state index in [0.717, 1.165) is 6.54 Å². The molecule has 0 radical (unpaired) electrons. The van der Waals surface area contributed by atoms with Crippen LogP contribution in [-0.2, 0) is 4.74 Å². The molecule has 0 saturated carbocycles. The number of benzene rings is 1. The van der Waals surface area contributed by atoms with Crippen molar-refractivity contribution in [1.29, 1.82) is 0 Å². The summed E-state index contributed by atoms with van der Waals surface area (Å²) in [6, 6.07) is 4.33. The summed E-state index contributed by atoms with van der Waals surface area (Å²) in [5.41, 5.74) is 0.465. The Labute approximate surface area is 116 Å². The second-order valence-corrected chi connectivity index (χ2v) is 5.21. The standard InChI is InChI=1S/C13H17FN2O2S/c1-18-11-7-15-6-10(11)16-13(17)8-3-4-9(14)12(5-8)19-2/h3-5,10-11,15H,6-7H2,1-2H3,(H,16,17). The van der Waals surface area contributed by atoms with E-state index in [1.54, 1.807) is 19.4 Å². The third-order valence-corrected chi connectivity index (χ3v) is 3.94. The van der Waals surface area contributed by atoms with E-state index in [0.29, 0.717) is 17.0 Å². The molecule has 1 saturated heterocycles. The lowest BCUT2D eigenvalue weighted by Gasteiger charge is -2.18. The van der Waals surface area contributed by atoms with Gasteiger partial charge in [-0.2, -0.15) is 0 Å². The summed E-state index contributed by atoms with van der Waals surface area (Å²) >= 11 is 1.28. The van der Waals surface area contributed by atoms with Gasteiger partial charge < -0.3 is 15.4 Å². The molecule has 1 aromatic rings. The lowest BCUT2D eigenvalue weighted by atomic mass is 10.1. The predicted octanol–water partition coefficient (Wildman–Crippen LogP) is 1.26. The Hall–Kier alpha value is -1.11. The third-order valence-electron chi connectivity index (χ3n) is 3.19. The second kappa shape index (κ2) is 6.36. The van der Waals surface area contributed by atoms with Gasteiger partial charge in [0.25, 0.3) is 5.91 Å². The van der Waals surface area contributed by atoms with Gasteiger partial charge in [-0.3, -0.25) is 4.79 Å². The van der Waals surface area contributed by atoms with Crippen LogP contribution in [0, 0.1) is 5.82 Å². The zero-order chi connectivity index (χ0) is 13.8. The summed E-state index contributed by atoms with van der Waals surface area (Å²) in [5, 5.41) is 6.07. The lowest BCUT2D eigenvalue weighted by Crippen LogP contribution is -2.43. The van der Waals surface area contributed by atoms with Crippen molar-refractivity contribution in [3.8, 4) is 0 Å². The number of hydrogen-bond acceptors (Lipinski definition) is 4. The fourth-order valence-corrected chi connectivity index (χ4v) is 2.61. The summed E-state index contributed by atoms with van der Waals surface area (Å²) in [6.45, 7) is 1.40. The van der Waals surface area contributed by atoms with E-state index in [2.05, 4.69) is 10.6 Å². The number of carbonyl (C=O) groups is 1. The van der Waals surface area contributed by atoms with Crippen LogP contribution in [-0.4, -0.2) is 44.5 Å². The topological polar surface area (TPSA) is 50.4 Å². The molecule has 1 aliphatic heterocycles. The molecule has 2 atom stereocenters. The molecular formula is C13H17FN2O2S. The van der Waals surface area contributed by atoms with Gasteiger partial charge in [0.15, 0.2) is 0 Å². The van der Waals surface area contributed by atoms with Crippen molar-refractivity contribution < 1.29 is 13.9 Å². The fourth-order valence-electron chi connectivity index (χ4n) is 2.10. The summed E-state index contributed by atoms with van der Waals surface area (Å²) < 4.78 is 18.7. The normalized spacial score (nSPS) is 22.5. The molecule has 6 heteroatoms. The molecule has 1 aliphatic rings. The van der Waals surface area contributed by atoms with Gasteiger partial charge in [-0.05, 0) is 24.5 Å². The molecule has 0 spiro atoms. The molecule has 1 heterocycles. The molecule has 0 bridgehead atoms. The van der Waals surface area contributed by atoms with Crippen molar-refractivity contribution in [2.75, 3.05) is 26.5 Å². The van der Waals surface area contributed by atoms with Gasteiger partial charge in [-0.1, -0.05) is 0 Å². The van der Waals surface area contributed by atoms with E-state index < -0.39 is 0 Å². The van der Waals surface area contributed by atoms with Crippen molar-refractivity contribution in [2.45, 2.75) is 17.0 Å². The average Bonchev–Trinajstić information content (AvgIpc) is 2.86. The number of nitrogens with one attached hydrogen (secondary N) is 2. The molecular weight excluding hydrogens is 267 g/mol. The lowest BCUT2D eigenvalue weighted by molar-refractivity contribution is 0.0779. The minimum Gasteiger partial charge on any atom is -0.378 e. The van der Waals surface area contributed by atoms with Crippen molar-refractivity contribution in [3.05, 3.63) is 29.6 Å². The second-order valence-electron chi connectivity index (χ2n) is 4.36. The van der Waals surface area contributed by atoms with Crippen LogP contribution >= 0.6 is 11.8 Å². The number of carbonyl (C=O) groups excluding carboxylic acids is 1. The van der Waals surface area contributed by atoms with Gasteiger partial charge in [0.2, 0.25) is 0 Å². The number of hydrogen-bond donors (Lipinski definition) is 2. The van der Waals surface area contributed by atoms with Gasteiger partial charge >= 0.3 is 0 Å². The van der Waals surface area contributed by atoms with Gasteiger partial charge in [-0.15, -0.1) is 11.8 Å². The molecule has 1 amide bonds. The first kappa shape index (κ1) is 14.3. The molecule has 0 aliphatic carbocycles. The third kappa shape index (κ3) is 3.26. The number of halogens is 1.